The molecule has 1 aromatic rings. The van der Waals surface area contributed by atoms with Gasteiger partial charge in [0.25, 0.3) is 0 Å². The van der Waals surface area contributed by atoms with Crippen LogP contribution >= 0.6 is 0 Å². The Morgan fingerprint density at radius 1 is 1.37 bits per heavy atom. The highest BCUT2D eigenvalue weighted by molar-refractivity contribution is 5.94. The van der Waals surface area contributed by atoms with Crippen molar-refractivity contribution in [2.75, 3.05) is 6.61 Å². The molecule has 0 spiro atoms. The van der Waals surface area contributed by atoms with Crippen LogP contribution in [0.5, 0.6) is 0 Å². The smallest absolute Gasteiger partial charge is 0.408 e. The third-order valence-corrected chi connectivity index (χ3v) is 3.27. The first kappa shape index (κ1) is 13.6. The number of Topliss-reactive ketones (excluding diaryl/α,β-unsaturated/α-hetero) is 1. The summed E-state index contributed by atoms with van der Waals surface area (Å²) in [7, 11) is 0. The van der Waals surface area contributed by atoms with Crippen LogP contribution in [0, 0.1) is 5.92 Å². The van der Waals surface area contributed by atoms with E-state index in [0.29, 0.717) is 12.8 Å². The molecule has 1 heterocycles. The molecule has 102 valence electrons. The fraction of sp³-hybridized carbons (Fsp3) is 0.467. The van der Waals surface area contributed by atoms with Crippen LogP contribution < -0.4 is 5.32 Å². The molecule has 1 aromatic carbocycles. The van der Waals surface area contributed by atoms with Crippen LogP contribution in [0.2, 0.25) is 0 Å². The Morgan fingerprint density at radius 2 is 2.05 bits per heavy atom. The summed E-state index contributed by atoms with van der Waals surface area (Å²) >= 11 is 0. The van der Waals surface area contributed by atoms with Gasteiger partial charge in [0.1, 0.15) is 12.1 Å². The summed E-state index contributed by atoms with van der Waals surface area (Å²) in [5.74, 6) is 0.301. The van der Waals surface area contributed by atoms with Crippen molar-refractivity contribution in [1.29, 1.82) is 0 Å². The lowest BCUT2D eigenvalue weighted by atomic mass is 9.84. The zero-order chi connectivity index (χ0) is 13.9. The number of hydrogen-bond donors (Lipinski definition) is 1. The van der Waals surface area contributed by atoms with Gasteiger partial charge in [0.05, 0.1) is 0 Å². The number of rotatable bonds is 5. The van der Waals surface area contributed by atoms with Gasteiger partial charge in [-0.05, 0) is 11.5 Å². The van der Waals surface area contributed by atoms with E-state index in [-0.39, 0.29) is 18.3 Å². The van der Waals surface area contributed by atoms with E-state index in [1.807, 2.05) is 44.2 Å². The molecule has 1 amide bonds. The summed E-state index contributed by atoms with van der Waals surface area (Å²) in [4.78, 5) is 23.8. The van der Waals surface area contributed by atoms with Crippen LogP contribution in [-0.4, -0.2) is 24.0 Å². The molecule has 1 aliphatic heterocycles. The number of ketones is 1. The predicted molar refractivity (Wildman–Crippen MR) is 71.8 cm³/mol. The van der Waals surface area contributed by atoms with Crippen LogP contribution in [0.3, 0.4) is 0 Å². The van der Waals surface area contributed by atoms with Gasteiger partial charge >= 0.3 is 6.09 Å². The number of alkyl carbamates (subject to hydrolysis) is 1. The second-order valence-corrected chi connectivity index (χ2v) is 5.47. The second-order valence-electron chi connectivity index (χ2n) is 5.47. The molecule has 19 heavy (non-hydrogen) atoms. The van der Waals surface area contributed by atoms with Gasteiger partial charge in [-0.1, -0.05) is 44.2 Å². The molecule has 0 saturated carbocycles. The highest BCUT2D eigenvalue weighted by atomic mass is 16.6. The second kappa shape index (κ2) is 5.43. The molecule has 0 bridgehead atoms. The van der Waals surface area contributed by atoms with Gasteiger partial charge < -0.3 is 10.1 Å². The van der Waals surface area contributed by atoms with E-state index in [2.05, 4.69) is 5.32 Å². The Kier molecular flexibility index (Phi) is 3.88. The number of carbonyl (C=O) groups is 2. The summed E-state index contributed by atoms with van der Waals surface area (Å²) in [5.41, 5.74) is 0.119. The van der Waals surface area contributed by atoms with Gasteiger partial charge in [-0.2, -0.15) is 0 Å². The predicted octanol–water partition coefficient (Wildman–Crippen LogP) is 2.32. The van der Waals surface area contributed by atoms with E-state index >= 15 is 0 Å². The van der Waals surface area contributed by atoms with Crippen molar-refractivity contribution < 1.29 is 14.3 Å². The molecule has 2 rings (SSSR count). The molecule has 0 aliphatic carbocycles. The lowest BCUT2D eigenvalue weighted by Crippen LogP contribution is -2.53. The van der Waals surface area contributed by atoms with Crippen LogP contribution in [-0.2, 0) is 16.0 Å². The maximum atomic E-state index is 12.4. The van der Waals surface area contributed by atoms with Gasteiger partial charge in [-0.15, -0.1) is 0 Å². The molecule has 1 fully saturated rings. The number of ether oxygens (including phenoxy) is 1. The Bertz CT molecular complexity index is 470. The van der Waals surface area contributed by atoms with Gasteiger partial charge in [0.2, 0.25) is 0 Å². The molecular weight excluding hydrogens is 242 g/mol. The number of benzene rings is 1. The Hall–Kier alpha value is -1.84. The van der Waals surface area contributed by atoms with Crippen molar-refractivity contribution in [2.24, 2.45) is 5.92 Å². The van der Waals surface area contributed by atoms with Crippen molar-refractivity contribution in [1.82, 2.24) is 5.32 Å². The van der Waals surface area contributed by atoms with Crippen LogP contribution in [0.1, 0.15) is 25.8 Å². The van der Waals surface area contributed by atoms with Gasteiger partial charge in [-0.25, -0.2) is 4.79 Å². The van der Waals surface area contributed by atoms with Gasteiger partial charge in [0, 0.05) is 12.8 Å². The molecule has 1 saturated heterocycles. The standard InChI is InChI=1S/C15H19NO3/c1-11(2)8-13(17)15(10-19-14(18)16-15)9-12-6-4-3-5-7-12/h3-7,11H,8-10H2,1-2H3,(H,16,18)/t15-/m0/s1. The van der Waals surface area contributed by atoms with E-state index in [1.54, 1.807) is 0 Å². The lowest BCUT2D eigenvalue weighted by Gasteiger charge is -2.26. The SMILES string of the molecule is CC(C)CC(=O)[C@]1(Cc2ccccc2)COC(=O)N1. The molecule has 1 aliphatic rings. The molecule has 4 nitrogen and oxygen atoms in total. The third-order valence-electron chi connectivity index (χ3n) is 3.27. The highest BCUT2D eigenvalue weighted by Gasteiger charge is 2.45. The van der Waals surface area contributed by atoms with Gasteiger partial charge in [0.15, 0.2) is 5.78 Å². The van der Waals surface area contributed by atoms with E-state index in [9.17, 15) is 9.59 Å². The van der Waals surface area contributed by atoms with Crippen LogP contribution in [0.25, 0.3) is 0 Å². The van der Waals surface area contributed by atoms with E-state index in [4.69, 9.17) is 4.74 Å². The summed E-state index contributed by atoms with van der Waals surface area (Å²) < 4.78 is 4.97. The number of hydrogen-bond acceptors (Lipinski definition) is 3. The first-order valence-electron chi connectivity index (χ1n) is 6.54. The molecule has 4 heteroatoms. The highest BCUT2D eigenvalue weighted by Crippen LogP contribution is 2.23. The minimum Gasteiger partial charge on any atom is -0.447 e. The summed E-state index contributed by atoms with van der Waals surface area (Å²) in [6.07, 6.45) is 0.412. The number of nitrogens with one attached hydrogen (secondary N) is 1. The fourth-order valence-electron chi connectivity index (χ4n) is 2.31. The number of carbonyl (C=O) groups excluding carboxylic acids is 2. The van der Waals surface area contributed by atoms with E-state index in [0.717, 1.165) is 5.56 Å². The van der Waals surface area contributed by atoms with E-state index in [1.165, 1.54) is 0 Å². The van der Waals surface area contributed by atoms with Crippen LogP contribution in [0.4, 0.5) is 4.79 Å². The molecular formula is C15H19NO3. The lowest BCUT2D eigenvalue weighted by molar-refractivity contribution is -0.125. The Labute approximate surface area is 113 Å². The first-order valence-corrected chi connectivity index (χ1v) is 6.54. The average molecular weight is 261 g/mol. The average Bonchev–Trinajstić information content (AvgIpc) is 2.72. The Balaban J connectivity index is 2.21. The molecule has 0 unspecified atom stereocenters. The largest absolute Gasteiger partial charge is 0.447 e. The zero-order valence-electron chi connectivity index (χ0n) is 11.3. The minimum atomic E-state index is -0.900. The molecule has 1 atom stereocenters. The summed E-state index contributed by atoms with van der Waals surface area (Å²) in [5, 5.41) is 2.71. The van der Waals surface area contributed by atoms with Crippen molar-refractivity contribution in [3.05, 3.63) is 35.9 Å². The van der Waals surface area contributed by atoms with Crippen molar-refractivity contribution >= 4 is 11.9 Å². The Morgan fingerprint density at radius 3 is 2.58 bits per heavy atom. The molecule has 0 aromatic heterocycles. The summed E-state index contributed by atoms with van der Waals surface area (Å²) in [6.45, 7) is 4.10. The van der Waals surface area contributed by atoms with Crippen molar-refractivity contribution in [2.45, 2.75) is 32.2 Å². The fourth-order valence-corrected chi connectivity index (χ4v) is 2.31. The zero-order valence-corrected chi connectivity index (χ0v) is 11.3. The summed E-state index contributed by atoms with van der Waals surface area (Å²) in [6, 6.07) is 9.68. The molecule has 0 radical (unpaired) electrons. The minimum absolute atomic E-state index is 0.0391. The van der Waals surface area contributed by atoms with Gasteiger partial charge in [-0.3, -0.25) is 4.79 Å². The number of cyclic esters (lactones) is 1. The van der Waals surface area contributed by atoms with Crippen molar-refractivity contribution in [3.63, 3.8) is 0 Å². The number of amides is 1. The van der Waals surface area contributed by atoms with Crippen molar-refractivity contribution in [3.8, 4) is 0 Å². The first-order chi connectivity index (χ1) is 9.02. The van der Waals surface area contributed by atoms with E-state index < -0.39 is 11.6 Å². The van der Waals surface area contributed by atoms with Crippen LogP contribution in [0.15, 0.2) is 30.3 Å². The maximum Gasteiger partial charge on any atom is 0.408 e. The monoisotopic (exact) mass is 261 g/mol. The maximum absolute atomic E-state index is 12.4. The third kappa shape index (κ3) is 3.13. The normalized spacial score (nSPS) is 22.2. The quantitative estimate of drug-likeness (QED) is 0.885. The molecule has 1 N–H and O–H groups in total. The topological polar surface area (TPSA) is 55.4 Å².